The quantitative estimate of drug-likeness (QED) is 0.700. The Labute approximate surface area is 102 Å². The molecule has 2 rings (SSSR count). The maximum absolute atomic E-state index is 5.95. The van der Waals surface area contributed by atoms with Gasteiger partial charge in [0, 0.05) is 5.02 Å². The number of rotatable bonds is 1. The van der Waals surface area contributed by atoms with E-state index >= 15 is 0 Å². The molecule has 4 heteroatoms. The van der Waals surface area contributed by atoms with E-state index in [9.17, 15) is 0 Å². The smallest absolute Gasteiger partial charge is 0.399 e. The fraction of sp³-hybridized carbons (Fsp3) is 0.500. The van der Waals surface area contributed by atoms with Crippen molar-refractivity contribution in [3.8, 4) is 0 Å². The Morgan fingerprint density at radius 1 is 1.06 bits per heavy atom. The molecule has 0 aromatic heterocycles. The van der Waals surface area contributed by atoms with Gasteiger partial charge in [0.25, 0.3) is 0 Å². The molecule has 86 valence electrons. The molecule has 1 saturated heterocycles. The lowest BCUT2D eigenvalue weighted by atomic mass is 9.79. The number of hydrogen-bond donors (Lipinski definition) is 0. The Bertz CT molecular complexity index is 388. The topological polar surface area (TPSA) is 18.5 Å². The minimum absolute atomic E-state index is 0.306. The van der Waals surface area contributed by atoms with Gasteiger partial charge in [-0.3, -0.25) is 0 Å². The van der Waals surface area contributed by atoms with Crippen molar-refractivity contribution in [2.45, 2.75) is 38.9 Å². The summed E-state index contributed by atoms with van der Waals surface area (Å²) in [7, 11) is -0.330. The van der Waals surface area contributed by atoms with Crippen molar-refractivity contribution in [3.63, 3.8) is 0 Å². The normalized spacial score (nSPS) is 22.4. The first-order chi connectivity index (χ1) is 7.32. The molecule has 0 amide bonds. The summed E-state index contributed by atoms with van der Waals surface area (Å²) in [6.45, 7) is 8.16. The highest BCUT2D eigenvalue weighted by Gasteiger charge is 2.51. The lowest BCUT2D eigenvalue weighted by Crippen LogP contribution is -2.41. The zero-order valence-electron chi connectivity index (χ0n) is 10.1. The lowest BCUT2D eigenvalue weighted by Gasteiger charge is -2.32. The Kier molecular flexibility index (Phi) is 2.81. The van der Waals surface area contributed by atoms with Crippen molar-refractivity contribution in [1.29, 1.82) is 0 Å². The number of halogens is 1. The molecule has 0 spiro atoms. The molecule has 1 fully saturated rings. The van der Waals surface area contributed by atoms with E-state index in [0.29, 0.717) is 5.02 Å². The Morgan fingerprint density at radius 3 is 2.12 bits per heavy atom. The average Bonchev–Trinajstić information content (AvgIpc) is 2.36. The van der Waals surface area contributed by atoms with Crippen LogP contribution in [0, 0.1) is 0 Å². The Balaban J connectivity index is 2.27. The molecule has 0 bridgehead atoms. The second kappa shape index (κ2) is 3.76. The summed E-state index contributed by atoms with van der Waals surface area (Å²) in [5.41, 5.74) is 0.353. The van der Waals surface area contributed by atoms with Crippen molar-refractivity contribution in [1.82, 2.24) is 0 Å². The largest absolute Gasteiger partial charge is 0.494 e. The summed E-state index contributed by atoms with van der Waals surface area (Å²) in [5, 5.41) is 0.701. The second-order valence-electron chi connectivity index (χ2n) is 5.14. The van der Waals surface area contributed by atoms with Crippen LogP contribution in [0.1, 0.15) is 27.7 Å². The highest BCUT2D eigenvalue weighted by Crippen LogP contribution is 2.36. The molecule has 16 heavy (non-hydrogen) atoms. The number of hydrogen-bond acceptors (Lipinski definition) is 2. The van der Waals surface area contributed by atoms with Crippen LogP contribution in [0.15, 0.2) is 24.3 Å². The molecule has 1 aliphatic heterocycles. The molecule has 0 aliphatic carbocycles. The average molecular weight is 239 g/mol. The molecule has 2 nitrogen and oxygen atoms in total. The lowest BCUT2D eigenvalue weighted by molar-refractivity contribution is 0.00578. The van der Waals surface area contributed by atoms with Crippen molar-refractivity contribution in [3.05, 3.63) is 29.3 Å². The van der Waals surface area contributed by atoms with E-state index in [4.69, 9.17) is 20.9 Å². The van der Waals surface area contributed by atoms with E-state index < -0.39 is 0 Å². The van der Waals surface area contributed by atoms with Gasteiger partial charge < -0.3 is 9.31 Å². The van der Waals surface area contributed by atoms with Crippen molar-refractivity contribution in [2.24, 2.45) is 0 Å². The van der Waals surface area contributed by atoms with Crippen LogP contribution in [0.5, 0.6) is 0 Å². The van der Waals surface area contributed by atoms with E-state index in [0.717, 1.165) is 5.46 Å². The molecular weight excluding hydrogens is 222 g/mol. The second-order valence-corrected chi connectivity index (χ2v) is 5.58. The predicted octanol–water partition coefficient (Wildman–Crippen LogP) is 2.64. The molecule has 0 unspecified atom stereocenters. The van der Waals surface area contributed by atoms with Gasteiger partial charge in [-0.05, 0) is 45.3 Å². The van der Waals surface area contributed by atoms with Crippen LogP contribution in [0.25, 0.3) is 0 Å². The van der Waals surface area contributed by atoms with Gasteiger partial charge in [-0.25, -0.2) is 0 Å². The molecule has 0 N–H and O–H groups in total. The summed E-state index contributed by atoms with van der Waals surface area (Å²) in [6.07, 6.45) is 0. The van der Waals surface area contributed by atoms with Crippen molar-refractivity contribution < 1.29 is 9.31 Å². The molecular formula is C12H16BClO2. The molecule has 1 heterocycles. The van der Waals surface area contributed by atoms with Crippen LogP contribution in [-0.2, 0) is 9.31 Å². The third-order valence-electron chi connectivity index (χ3n) is 3.37. The maximum Gasteiger partial charge on any atom is 0.494 e. The zero-order valence-corrected chi connectivity index (χ0v) is 10.8. The third-order valence-corrected chi connectivity index (χ3v) is 3.61. The van der Waals surface area contributed by atoms with Gasteiger partial charge >= 0.3 is 7.12 Å². The minimum atomic E-state index is -0.330. The van der Waals surface area contributed by atoms with Crippen LogP contribution in [0.3, 0.4) is 0 Å². The Hall–Kier alpha value is -0.505. The first-order valence-corrected chi connectivity index (χ1v) is 5.81. The SMILES string of the molecule is CC1(C)OB(c2cccc(Cl)c2)OC1(C)C. The molecule has 1 aliphatic rings. The van der Waals surface area contributed by atoms with Gasteiger partial charge in [0.2, 0.25) is 0 Å². The fourth-order valence-electron chi connectivity index (χ4n) is 1.63. The molecule has 1 aromatic carbocycles. The summed E-state index contributed by atoms with van der Waals surface area (Å²) in [4.78, 5) is 0. The van der Waals surface area contributed by atoms with Crippen LogP contribution >= 0.6 is 11.6 Å². The van der Waals surface area contributed by atoms with Crippen LogP contribution in [0.2, 0.25) is 5.02 Å². The highest BCUT2D eigenvalue weighted by atomic mass is 35.5. The number of benzene rings is 1. The van der Waals surface area contributed by atoms with Crippen LogP contribution in [0.4, 0.5) is 0 Å². The molecule has 0 atom stereocenters. The summed E-state index contributed by atoms with van der Waals surface area (Å²) < 4.78 is 11.8. The maximum atomic E-state index is 5.95. The molecule has 0 saturated carbocycles. The zero-order chi connectivity index (χ0) is 12.0. The minimum Gasteiger partial charge on any atom is -0.399 e. The summed E-state index contributed by atoms with van der Waals surface area (Å²) >= 11 is 5.95. The standard InChI is InChI=1S/C12H16BClO2/c1-11(2)12(3,4)16-13(15-11)9-6-5-7-10(14)8-9/h5-8H,1-4H3. The first-order valence-electron chi connectivity index (χ1n) is 5.43. The van der Waals surface area contributed by atoms with Crippen molar-refractivity contribution in [2.75, 3.05) is 0 Å². The van der Waals surface area contributed by atoms with Gasteiger partial charge in [0.05, 0.1) is 11.2 Å². The van der Waals surface area contributed by atoms with E-state index in [1.165, 1.54) is 0 Å². The van der Waals surface area contributed by atoms with Gasteiger partial charge in [0.1, 0.15) is 0 Å². The van der Waals surface area contributed by atoms with Gasteiger partial charge in [0.15, 0.2) is 0 Å². The highest BCUT2D eigenvalue weighted by molar-refractivity contribution is 6.62. The van der Waals surface area contributed by atoms with E-state index in [2.05, 4.69) is 0 Å². The van der Waals surface area contributed by atoms with Crippen LogP contribution in [-0.4, -0.2) is 18.3 Å². The monoisotopic (exact) mass is 238 g/mol. The van der Waals surface area contributed by atoms with Crippen molar-refractivity contribution >= 4 is 24.2 Å². The van der Waals surface area contributed by atoms with E-state index in [1.54, 1.807) is 0 Å². The fourth-order valence-corrected chi connectivity index (χ4v) is 1.83. The summed E-state index contributed by atoms with van der Waals surface area (Å²) in [5.74, 6) is 0. The van der Waals surface area contributed by atoms with Gasteiger partial charge in [-0.1, -0.05) is 23.7 Å². The van der Waals surface area contributed by atoms with Gasteiger partial charge in [-0.2, -0.15) is 0 Å². The van der Waals surface area contributed by atoms with E-state index in [-0.39, 0.29) is 18.3 Å². The molecule has 1 aromatic rings. The first kappa shape index (κ1) is 12.0. The molecule has 0 radical (unpaired) electrons. The van der Waals surface area contributed by atoms with Crippen LogP contribution < -0.4 is 5.46 Å². The Morgan fingerprint density at radius 2 is 1.62 bits per heavy atom. The predicted molar refractivity (Wildman–Crippen MR) is 67.2 cm³/mol. The van der Waals surface area contributed by atoms with Gasteiger partial charge in [-0.15, -0.1) is 0 Å². The third kappa shape index (κ3) is 2.00. The van der Waals surface area contributed by atoms with E-state index in [1.807, 2.05) is 52.0 Å². The summed E-state index contributed by atoms with van der Waals surface area (Å²) in [6, 6.07) is 7.59.